The van der Waals surface area contributed by atoms with Crippen molar-refractivity contribution >= 4 is 21.7 Å². The van der Waals surface area contributed by atoms with E-state index in [9.17, 15) is 4.79 Å². The fraction of sp³-hybridized carbons (Fsp3) is 0.222. The van der Waals surface area contributed by atoms with Crippen molar-refractivity contribution in [3.63, 3.8) is 0 Å². The summed E-state index contributed by atoms with van der Waals surface area (Å²) in [7, 11) is 1.59. The van der Waals surface area contributed by atoms with Crippen LogP contribution in [0.5, 0.6) is 5.75 Å². The van der Waals surface area contributed by atoms with Gasteiger partial charge >= 0.3 is 0 Å². The van der Waals surface area contributed by atoms with E-state index in [1.807, 2.05) is 0 Å². The summed E-state index contributed by atoms with van der Waals surface area (Å²) in [5.74, 6) is 0.790. The first-order valence-corrected chi connectivity index (χ1v) is 4.29. The first kappa shape index (κ1) is 9.26. The summed E-state index contributed by atoms with van der Waals surface area (Å²) in [6.07, 6.45) is 0. The fourth-order valence-electron chi connectivity index (χ4n) is 0.885. The van der Waals surface area contributed by atoms with E-state index in [1.54, 1.807) is 25.3 Å². The molecule has 1 rings (SSSR count). The number of rotatable bonds is 2. The largest absolute Gasteiger partial charge is 0.496 e. The van der Waals surface area contributed by atoms with Gasteiger partial charge in [0.1, 0.15) is 5.75 Å². The fourth-order valence-corrected chi connectivity index (χ4v) is 1.43. The van der Waals surface area contributed by atoms with Gasteiger partial charge in [-0.05, 0) is 41.1 Å². The van der Waals surface area contributed by atoms with E-state index in [2.05, 4.69) is 15.9 Å². The number of ether oxygens (including phenoxy) is 1. The van der Waals surface area contributed by atoms with Crippen molar-refractivity contribution in [2.45, 2.75) is 6.92 Å². The number of methoxy groups -OCH3 is 1. The van der Waals surface area contributed by atoms with Gasteiger partial charge in [0.25, 0.3) is 0 Å². The Bertz CT molecular complexity index is 307. The van der Waals surface area contributed by atoms with Crippen LogP contribution in [0.25, 0.3) is 0 Å². The Morgan fingerprint density at radius 1 is 1.50 bits per heavy atom. The molecule has 0 atom stereocenters. The van der Waals surface area contributed by atoms with Crippen molar-refractivity contribution in [2.75, 3.05) is 7.11 Å². The Morgan fingerprint density at radius 3 is 2.58 bits per heavy atom. The molecular weight excluding hydrogens is 220 g/mol. The van der Waals surface area contributed by atoms with Crippen LogP contribution in [0.3, 0.4) is 0 Å². The van der Waals surface area contributed by atoms with Crippen molar-refractivity contribution in [1.29, 1.82) is 0 Å². The Kier molecular flexibility index (Phi) is 2.87. The number of Topliss-reactive ketones (excluding diaryl/α,β-unsaturated/α-hetero) is 1. The van der Waals surface area contributed by atoms with Crippen molar-refractivity contribution in [1.82, 2.24) is 0 Å². The maximum absolute atomic E-state index is 10.9. The second kappa shape index (κ2) is 3.72. The zero-order valence-electron chi connectivity index (χ0n) is 6.93. The lowest BCUT2D eigenvalue weighted by molar-refractivity contribution is 0.101. The molecule has 0 radical (unpaired) electrons. The highest BCUT2D eigenvalue weighted by molar-refractivity contribution is 9.10. The predicted molar refractivity (Wildman–Crippen MR) is 50.7 cm³/mol. The van der Waals surface area contributed by atoms with E-state index >= 15 is 0 Å². The van der Waals surface area contributed by atoms with Crippen molar-refractivity contribution in [3.05, 3.63) is 28.2 Å². The zero-order chi connectivity index (χ0) is 9.14. The number of benzene rings is 1. The lowest BCUT2D eigenvalue weighted by Gasteiger charge is -2.03. The SMILES string of the molecule is COc1ccc(C(C)=O)cc1Br. The summed E-state index contributed by atoms with van der Waals surface area (Å²) in [4.78, 5) is 10.9. The smallest absolute Gasteiger partial charge is 0.159 e. The lowest BCUT2D eigenvalue weighted by Crippen LogP contribution is -1.92. The first-order valence-electron chi connectivity index (χ1n) is 3.49. The predicted octanol–water partition coefficient (Wildman–Crippen LogP) is 2.66. The minimum Gasteiger partial charge on any atom is -0.496 e. The summed E-state index contributed by atoms with van der Waals surface area (Å²) >= 11 is 3.30. The molecule has 0 saturated carbocycles. The molecule has 12 heavy (non-hydrogen) atoms. The van der Waals surface area contributed by atoms with Crippen molar-refractivity contribution < 1.29 is 9.53 Å². The molecule has 64 valence electrons. The van der Waals surface area contributed by atoms with Crippen LogP contribution in [0.15, 0.2) is 22.7 Å². The summed E-state index contributed by atoms with van der Waals surface area (Å²) in [6, 6.07) is 5.26. The molecule has 0 saturated heterocycles. The van der Waals surface area contributed by atoms with Crippen LogP contribution in [0.4, 0.5) is 0 Å². The van der Waals surface area contributed by atoms with Gasteiger partial charge in [-0.15, -0.1) is 0 Å². The normalized spacial score (nSPS) is 9.58. The zero-order valence-corrected chi connectivity index (χ0v) is 8.51. The van der Waals surface area contributed by atoms with E-state index in [4.69, 9.17) is 4.74 Å². The molecule has 0 aliphatic heterocycles. The molecule has 0 aliphatic carbocycles. The molecule has 0 bridgehead atoms. The second-order valence-corrected chi connectivity index (χ2v) is 3.26. The molecule has 2 nitrogen and oxygen atoms in total. The van der Waals surface area contributed by atoms with E-state index in [-0.39, 0.29) is 5.78 Å². The van der Waals surface area contributed by atoms with Crippen LogP contribution in [-0.2, 0) is 0 Å². The summed E-state index contributed by atoms with van der Waals surface area (Å²) in [5, 5.41) is 0. The minimum absolute atomic E-state index is 0.0540. The summed E-state index contributed by atoms with van der Waals surface area (Å²) < 4.78 is 5.82. The molecule has 0 N–H and O–H groups in total. The third-order valence-corrected chi connectivity index (χ3v) is 2.18. The van der Waals surface area contributed by atoms with Crippen LogP contribution in [0, 0.1) is 0 Å². The van der Waals surface area contributed by atoms with Gasteiger partial charge in [-0.1, -0.05) is 0 Å². The van der Waals surface area contributed by atoms with Crippen LogP contribution in [-0.4, -0.2) is 12.9 Å². The van der Waals surface area contributed by atoms with E-state index < -0.39 is 0 Å². The standard InChI is InChI=1S/C9H9BrO2/c1-6(11)7-3-4-9(12-2)8(10)5-7/h3-5H,1-2H3. The topological polar surface area (TPSA) is 26.3 Å². The van der Waals surface area contributed by atoms with Crippen LogP contribution in [0.1, 0.15) is 17.3 Å². The van der Waals surface area contributed by atoms with Crippen LogP contribution in [0.2, 0.25) is 0 Å². The Labute approximate surface area is 79.7 Å². The molecule has 0 aliphatic rings. The quantitative estimate of drug-likeness (QED) is 0.728. The Morgan fingerprint density at radius 2 is 2.17 bits per heavy atom. The monoisotopic (exact) mass is 228 g/mol. The van der Waals surface area contributed by atoms with Crippen molar-refractivity contribution in [3.8, 4) is 5.75 Å². The second-order valence-electron chi connectivity index (χ2n) is 2.41. The van der Waals surface area contributed by atoms with E-state index in [0.717, 1.165) is 10.2 Å². The van der Waals surface area contributed by atoms with E-state index in [0.29, 0.717) is 5.56 Å². The van der Waals surface area contributed by atoms with Gasteiger partial charge in [0.05, 0.1) is 11.6 Å². The number of hydrogen-bond donors (Lipinski definition) is 0. The number of hydrogen-bond acceptors (Lipinski definition) is 2. The van der Waals surface area contributed by atoms with Gasteiger partial charge in [-0.3, -0.25) is 4.79 Å². The maximum atomic E-state index is 10.9. The third-order valence-electron chi connectivity index (χ3n) is 1.56. The minimum atomic E-state index is 0.0540. The summed E-state index contributed by atoms with van der Waals surface area (Å²) in [6.45, 7) is 1.54. The average Bonchev–Trinajstić information content (AvgIpc) is 2.04. The Hall–Kier alpha value is -0.830. The van der Waals surface area contributed by atoms with Gasteiger partial charge in [-0.25, -0.2) is 0 Å². The highest BCUT2D eigenvalue weighted by Crippen LogP contribution is 2.25. The molecule has 0 heterocycles. The molecule has 3 heteroatoms. The molecule has 0 aromatic heterocycles. The lowest BCUT2D eigenvalue weighted by atomic mass is 10.1. The highest BCUT2D eigenvalue weighted by atomic mass is 79.9. The van der Waals surface area contributed by atoms with Gasteiger partial charge in [0.15, 0.2) is 5.78 Å². The summed E-state index contributed by atoms with van der Waals surface area (Å²) in [5.41, 5.74) is 0.683. The molecule has 1 aromatic rings. The van der Waals surface area contributed by atoms with Crippen LogP contribution >= 0.6 is 15.9 Å². The van der Waals surface area contributed by atoms with Gasteiger partial charge < -0.3 is 4.74 Å². The van der Waals surface area contributed by atoms with Crippen LogP contribution < -0.4 is 4.74 Å². The average molecular weight is 229 g/mol. The number of carbonyl (C=O) groups excluding carboxylic acids is 1. The molecule has 0 unspecified atom stereocenters. The third kappa shape index (κ3) is 1.85. The Balaban J connectivity index is 3.10. The first-order chi connectivity index (χ1) is 5.65. The van der Waals surface area contributed by atoms with Crippen molar-refractivity contribution in [2.24, 2.45) is 0 Å². The number of carbonyl (C=O) groups is 1. The molecule has 1 aromatic carbocycles. The molecule has 0 spiro atoms. The molecular formula is C9H9BrO2. The highest BCUT2D eigenvalue weighted by Gasteiger charge is 2.03. The van der Waals surface area contributed by atoms with Gasteiger partial charge in [-0.2, -0.15) is 0 Å². The molecule has 0 fully saturated rings. The molecule has 0 amide bonds. The maximum Gasteiger partial charge on any atom is 0.159 e. The van der Waals surface area contributed by atoms with E-state index in [1.165, 1.54) is 6.92 Å². The van der Waals surface area contributed by atoms with Gasteiger partial charge in [0, 0.05) is 5.56 Å². The number of halogens is 1. The van der Waals surface area contributed by atoms with Gasteiger partial charge in [0.2, 0.25) is 0 Å². The number of ketones is 1.